The second-order valence-corrected chi connectivity index (χ2v) is 7.38. The third kappa shape index (κ3) is 3.96. The van der Waals surface area contributed by atoms with Crippen molar-refractivity contribution in [1.82, 2.24) is 24.5 Å². The number of benzene rings is 1. The highest BCUT2D eigenvalue weighted by Gasteiger charge is 2.28. The van der Waals surface area contributed by atoms with Crippen LogP contribution in [0.2, 0.25) is 0 Å². The van der Waals surface area contributed by atoms with Crippen LogP contribution in [0.3, 0.4) is 0 Å². The SMILES string of the molecule is Cc1cc(CN(CC2COc3ccccc3O2)C(=O)c2cc(C)n(C)n2)n(C)n1. The van der Waals surface area contributed by atoms with Gasteiger partial charge in [-0.05, 0) is 38.1 Å². The first kappa shape index (κ1) is 19.0. The third-order valence-electron chi connectivity index (χ3n) is 5.06. The number of nitrogens with zero attached hydrogens (tertiary/aromatic N) is 5. The molecular formula is C21H25N5O3. The van der Waals surface area contributed by atoms with Gasteiger partial charge in [0.1, 0.15) is 6.61 Å². The average Bonchev–Trinajstić information content (AvgIpc) is 3.20. The number of amides is 1. The van der Waals surface area contributed by atoms with E-state index in [2.05, 4.69) is 10.2 Å². The van der Waals surface area contributed by atoms with E-state index < -0.39 is 0 Å². The van der Waals surface area contributed by atoms with Crippen molar-refractivity contribution in [2.75, 3.05) is 13.2 Å². The van der Waals surface area contributed by atoms with Crippen LogP contribution in [0.1, 0.15) is 27.6 Å². The predicted octanol–water partition coefficient (Wildman–Crippen LogP) is 2.25. The summed E-state index contributed by atoms with van der Waals surface area (Å²) in [6.07, 6.45) is -0.270. The number of rotatable bonds is 5. The molecule has 1 aromatic carbocycles. The summed E-state index contributed by atoms with van der Waals surface area (Å²) in [7, 11) is 3.71. The Hall–Kier alpha value is -3.29. The van der Waals surface area contributed by atoms with Crippen LogP contribution >= 0.6 is 0 Å². The molecule has 1 atom stereocenters. The van der Waals surface area contributed by atoms with E-state index in [1.807, 2.05) is 58.3 Å². The third-order valence-corrected chi connectivity index (χ3v) is 5.06. The van der Waals surface area contributed by atoms with Gasteiger partial charge in [0.15, 0.2) is 23.3 Å². The number of carbonyl (C=O) groups is 1. The number of carbonyl (C=O) groups excluding carboxylic acids is 1. The minimum atomic E-state index is -0.270. The maximum Gasteiger partial charge on any atom is 0.274 e. The lowest BCUT2D eigenvalue weighted by atomic mass is 10.2. The highest BCUT2D eigenvalue weighted by molar-refractivity contribution is 5.92. The second kappa shape index (κ2) is 7.62. The first-order valence-corrected chi connectivity index (χ1v) is 9.58. The van der Waals surface area contributed by atoms with Gasteiger partial charge in [-0.3, -0.25) is 14.2 Å². The molecule has 2 aromatic heterocycles. The van der Waals surface area contributed by atoms with Gasteiger partial charge in [-0.1, -0.05) is 12.1 Å². The van der Waals surface area contributed by atoms with E-state index in [0.29, 0.717) is 31.1 Å². The van der Waals surface area contributed by atoms with Gasteiger partial charge in [0.05, 0.1) is 24.5 Å². The Bertz CT molecular complexity index is 1020. The van der Waals surface area contributed by atoms with Crippen molar-refractivity contribution in [3.05, 3.63) is 59.2 Å². The van der Waals surface area contributed by atoms with Crippen LogP contribution in [-0.2, 0) is 20.6 Å². The Morgan fingerprint density at radius 2 is 1.90 bits per heavy atom. The molecule has 4 rings (SSSR count). The summed E-state index contributed by atoms with van der Waals surface area (Å²) in [5.41, 5.74) is 3.20. The number of fused-ring (bicyclic) bond motifs is 1. The van der Waals surface area contributed by atoms with E-state index in [-0.39, 0.29) is 12.0 Å². The summed E-state index contributed by atoms with van der Waals surface area (Å²) in [5, 5.41) is 8.75. The summed E-state index contributed by atoms with van der Waals surface area (Å²) in [4.78, 5) is 15.0. The Kier molecular flexibility index (Phi) is 5.00. The lowest BCUT2D eigenvalue weighted by Crippen LogP contribution is -2.43. The number of para-hydroxylation sites is 2. The smallest absolute Gasteiger partial charge is 0.274 e. The topological polar surface area (TPSA) is 74.4 Å². The minimum Gasteiger partial charge on any atom is -0.486 e. The largest absolute Gasteiger partial charge is 0.486 e. The second-order valence-electron chi connectivity index (χ2n) is 7.38. The molecular weight excluding hydrogens is 370 g/mol. The monoisotopic (exact) mass is 395 g/mol. The number of ether oxygens (including phenoxy) is 2. The first-order chi connectivity index (χ1) is 13.9. The molecule has 0 radical (unpaired) electrons. The lowest BCUT2D eigenvalue weighted by molar-refractivity contribution is 0.0435. The highest BCUT2D eigenvalue weighted by atomic mass is 16.6. The van der Waals surface area contributed by atoms with Crippen LogP contribution in [0.15, 0.2) is 36.4 Å². The van der Waals surface area contributed by atoms with E-state index in [9.17, 15) is 4.79 Å². The molecule has 0 spiro atoms. The average molecular weight is 395 g/mol. The van der Waals surface area contributed by atoms with E-state index in [0.717, 1.165) is 22.8 Å². The van der Waals surface area contributed by atoms with Gasteiger partial charge < -0.3 is 14.4 Å². The van der Waals surface area contributed by atoms with Gasteiger partial charge >= 0.3 is 0 Å². The Morgan fingerprint density at radius 1 is 1.14 bits per heavy atom. The number of hydrogen-bond acceptors (Lipinski definition) is 5. The predicted molar refractivity (Wildman–Crippen MR) is 107 cm³/mol. The van der Waals surface area contributed by atoms with Gasteiger partial charge in [-0.25, -0.2) is 0 Å². The molecule has 0 aliphatic carbocycles. The summed E-state index contributed by atoms with van der Waals surface area (Å²) >= 11 is 0. The zero-order valence-corrected chi connectivity index (χ0v) is 17.1. The molecule has 0 fully saturated rings. The molecule has 0 saturated carbocycles. The van der Waals surface area contributed by atoms with E-state index in [1.165, 1.54) is 0 Å². The molecule has 1 unspecified atom stereocenters. The van der Waals surface area contributed by atoms with E-state index in [1.54, 1.807) is 20.3 Å². The maximum atomic E-state index is 13.3. The fourth-order valence-corrected chi connectivity index (χ4v) is 3.45. The number of hydrogen-bond donors (Lipinski definition) is 0. The van der Waals surface area contributed by atoms with Crippen LogP contribution in [0, 0.1) is 13.8 Å². The maximum absolute atomic E-state index is 13.3. The standard InChI is InChI=1S/C21H25N5O3/c1-14-9-16(25(4)22-14)11-26(21(27)18-10-15(2)24(3)23-18)12-17-13-28-19-7-5-6-8-20(19)29-17/h5-10,17H,11-13H2,1-4H3. The Balaban J connectivity index is 1.58. The quantitative estimate of drug-likeness (QED) is 0.662. The Morgan fingerprint density at radius 3 is 2.55 bits per heavy atom. The summed E-state index contributed by atoms with van der Waals surface area (Å²) in [5.74, 6) is 1.28. The van der Waals surface area contributed by atoms with Gasteiger partial charge in [-0.15, -0.1) is 0 Å². The van der Waals surface area contributed by atoms with Crippen molar-refractivity contribution < 1.29 is 14.3 Å². The molecule has 152 valence electrons. The molecule has 0 saturated heterocycles. The van der Waals surface area contributed by atoms with Crippen LogP contribution < -0.4 is 9.47 Å². The Labute approximate surface area is 169 Å². The fraction of sp³-hybridized carbons (Fsp3) is 0.381. The van der Waals surface area contributed by atoms with Crippen LogP contribution in [0.5, 0.6) is 11.5 Å². The zero-order chi connectivity index (χ0) is 20.5. The van der Waals surface area contributed by atoms with Gasteiger partial charge in [0.25, 0.3) is 5.91 Å². The van der Waals surface area contributed by atoms with Crippen LogP contribution in [0.25, 0.3) is 0 Å². The molecule has 0 bridgehead atoms. The van der Waals surface area contributed by atoms with E-state index >= 15 is 0 Å². The molecule has 1 aliphatic heterocycles. The minimum absolute atomic E-state index is 0.144. The van der Waals surface area contributed by atoms with Crippen LogP contribution in [0.4, 0.5) is 0 Å². The lowest BCUT2D eigenvalue weighted by Gasteiger charge is -2.31. The first-order valence-electron chi connectivity index (χ1n) is 9.58. The molecule has 3 heterocycles. The van der Waals surface area contributed by atoms with Crippen molar-refractivity contribution in [1.29, 1.82) is 0 Å². The molecule has 3 aromatic rings. The van der Waals surface area contributed by atoms with E-state index in [4.69, 9.17) is 9.47 Å². The zero-order valence-electron chi connectivity index (χ0n) is 17.1. The number of aromatic nitrogens is 4. The van der Waals surface area contributed by atoms with Crippen molar-refractivity contribution in [3.63, 3.8) is 0 Å². The van der Waals surface area contributed by atoms with Gasteiger partial charge in [0, 0.05) is 19.8 Å². The molecule has 1 amide bonds. The molecule has 8 heteroatoms. The fourth-order valence-electron chi connectivity index (χ4n) is 3.45. The normalized spacial score (nSPS) is 15.4. The summed E-state index contributed by atoms with van der Waals surface area (Å²) in [6, 6.07) is 11.4. The number of aryl methyl sites for hydroxylation is 4. The van der Waals surface area contributed by atoms with Gasteiger partial charge in [-0.2, -0.15) is 10.2 Å². The highest BCUT2D eigenvalue weighted by Crippen LogP contribution is 2.31. The summed E-state index contributed by atoms with van der Waals surface area (Å²) in [6.45, 7) is 5.03. The van der Waals surface area contributed by atoms with Crippen molar-refractivity contribution >= 4 is 5.91 Å². The molecule has 8 nitrogen and oxygen atoms in total. The molecule has 1 aliphatic rings. The van der Waals surface area contributed by atoms with Crippen molar-refractivity contribution in [2.45, 2.75) is 26.5 Å². The van der Waals surface area contributed by atoms with Crippen molar-refractivity contribution in [2.24, 2.45) is 14.1 Å². The summed E-state index contributed by atoms with van der Waals surface area (Å²) < 4.78 is 15.4. The van der Waals surface area contributed by atoms with Crippen LogP contribution in [-0.4, -0.2) is 49.6 Å². The van der Waals surface area contributed by atoms with Gasteiger partial charge in [0.2, 0.25) is 0 Å². The molecule has 29 heavy (non-hydrogen) atoms. The van der Waals surface area contributed by atoms with Crippen molar-refractivity contribution in [3.8, 4) is 11.5 Å². The molecule has 0 N–H and O–H groups in total.